The van der Waals surface area contributed by atoms with E-state index < -0.39 is 5.91 Å². The van der Waals surface area contributed by atoms with E-state index in [0.717, 1.165) is 5.56 Å². The fourth-order valence-corrected chi connectivity index (χ4v) is 1.62. The summed E-state index contributed by atoms with van der Waals surface area (Å²) < 4.78 is 13.2. The van der Waals surface area contributed by atoms with E-state index in [1.54, 1.807) is 6.07 Å². The minimum absolute atomic E-state index is 0.145. The van der Waals surface area contributed by atoms with Gasteiger partial charge >= 0.3 is 0 Å². The van der Waals surface area contributed by atoms with Gasteiger partial charge in [0.1, 0.15) is 5.82 Å². The van der Waals surface area contributed by atoms with E-state index >= 15 is 0 Å². The molecule has 4 N–H and O–H groups in total. The van der Waals surface area contributed by atoms with E-state index in [2.05, 4.69) is 0 Å². The third-order valence-electron chi connectivity index (χ3n) is 2.45. The van der Waals surface area contributed by atoms with Crippen molar-refractivity contribution >= 4 is 11.6 Å². The zero-order valence-electron chi connectivity index (χ0n) is 10.1. The Morgan fingerprint density at radius 2 is 2.06 bits per heavy atom. The molecule has 0 radical (unpaired) electrons. The Hall–Kier alpha value is -1.62. The number of halogens is 1. The lowest BCUT2D eigenvalue weighted by Gasteiger charge is -2.25. The van der Waals surface area contributed by atoms with E-state index in [-0.39, 0.29) is 18.4 Å². The molecular formula is C12H18FN3O. The summed E-state index contributed by atoms with van der Waals surface area (Å²) in [4.78, 5) is 12.8. The molecule has 0 spiro atoms. The quantitative estimate of drug-likeness (QED) is 0.756. The molecule has 1 aromatic rings. The molecule has 0 aliphatic rings. The molecule has 0 aliphatic heterocycles. The van der Waals surface area contributed by atoms with Crippen molar-refractivity contribution in [3.8, 4) is 0 Å². The van der Waals surface area contributed by atoms with Crippen molar-refractivity contribution in [2.24, 2.45) is 5.73 Å². The second-order valence-electron chi connectivity index (χ2n) is 4.36. The minimum atomic E-state index is -0.400. The molecule has 1 amide bonds. The number of nitrogens with two attached hydrogens (primary N) is 2. The van der Waals surface area contributed by atoms with Gasteiger partial charge in [-0.1, -0.05) is 0 Å². The predicted octanol–water partition coefficient (Wildman–Crippen LogP) is 1.10. The summed E-state index contributed by atoms with van der Waals surface area (Å²) in [6.45, 7) is 4.49. The summed E-state index contributed by atoms with van der Waals surface area (Å²) in [5, 5.41) is 0. The van der Waals surface area contributed by atoms with Gasteiger partial charge in [0.15, 0.2) is 0 Å². The highest BCUT2D eigenvalue weighted by Gasteiger charge is 2.13. The average molecular weight is 239 g/mol. The van der Waals surface area contributed by atoms with Crippen molar-refractivity contribution in [1.29, 1.82) is 0 Å². The van der Waals surface area contributed by atoms with Gasteiger partial charge < -0.3 is 11.5 Å². The lowest BCUT2D eigenvalue weighted by Crippen LogP contribution is -2.38. The molecule has 0 unspecified atom stereocenters. The van der Waals surface area contributed by atoms with Gasteiger partial charge in [0.05, 0.1) is 6.54 Å². The second-order valence-corrected chi connectivity index (χ2v) is 4.36. The van der Waals surface area contributed by atoms with Crippen LogP contribution in [-0.4, -0.2) is 23.4 Å². The maximum Gasteiger partial charge on any atom is 0.231 e. The fraction of sp³-hybridized carbons (Fsp3) is 0.417. The summed E-state index contributed by atoms with van der Waals surface area (Å²) in [5.74, 6) is -0.772. The van der Waals surface area contributed by atoms with Crippen molar-refractivity contribution in [2.75, 3.05) is 12.3 Å². The first-order chi connectivity index (χ1) is 7.88. The third kappa shape index (κ3) is 4.40. The van der Waals surface area contributed by atoms with Crippen LogP contribution >= 0.6 is 0 Å². The van der Waals surface area contributed by atoms with Crippen molar-refractivity contribution in [2.45, 2.75) is 26.4 Å². The molecule has 0 saturated heterocycles. The van der Waals surface area contributed by atoms with E-state index in [1.165, 1.54) is 12.1 Å². The molecule has 5 heteroatoms. The van der Waals surface area contributed by atoms with Crippen LogP contribution in [0.3, 0.4) is 0 Å². The Bertz CT molecular complexity index is 386. The Balaban J connectivity index is 2.81. The molecule has 0 aliphatic carbocycles. The van der Waals surface area contributed by atoms with Crippen LogP contribution in [0.4, 0.5) is 10.1 Å². The molecule has 17 heavy (non-hydrogen) atoms. The predicted molar refractivity (Wildman–Crippen MR) is 65.6 cm³/mol. The minimum Gasteiger partial charge on any atom is -0.399 e. The van der Waals surface area contributed by atoms with Crippen LogP contribution in [-0.2, 0) is 11.3 Å². The highest BCUT2D eigenvalue weighted by molar-refractivity contribution is 5.75. The van der Waals surface area contributed by atoms with Gasteiger partial charge in [-0.2, -0.15) is 0 Å². The van der Waals surface area contributed by atoms with Gasteiger partial charge in [-0.3, -0.25) is 9.69 Å². The molecule has 0 fully saturated rings. The van der Waals surface area contributed by atoms with Crippen molar-refractivity contribution in [3.05, 3.63) is 29.6 Å². The summed E-state index contributed by atoms with van der Waals surface area (Å²) in [5.41, 5.74) is 11.8. The number of amides is 1. The number of carbonyl (C=O) groups excluding carboxylic acids is 1. The number of hydrogen-bond donors (Lipinski definition) is 2. The molecule has 94 valence electrons. The zero-order valence-corrected chi connectivity index (χ0v) is 10.1. The van der Waals surface area contributed by atoms with Crippen LogP contribution in [0.15, 0.2) is 18.2 Å². The molecule has 4 nitrogen and oxygen atoms in total. The fourth-order valence-electron chi connectivity index (χ4n) is 1.62. The molecule has 0 bridgehead atoms. The highest BCUT2D eigenvalue weighted by Crippen LogP contribution is 2.14. The average Bonchev–Trinajstić information content (AvgIpc) is 2.13. The summed E-state index contributed by atoms with van der Waals surface area (Å²) in [6, 6.07) is 4.51. The van der Waals surface area contributed by atoms with E-state index in [4.69, 9.17) is 11.5 Å². The number of carbonyl (C=O) groups is 1. The van der Waals surface area contributed by atoms with Crippen molar-refractivity contribution in [1.82, 2.24) is 4.90 Å². The molecule has 0 aromatic heterocycles. The Kier molecular flexibility index (Phi) is 4.45. The maximum absolute atomic E-state index is 13.2. The Labute approximate surface area is 100 Å². The SMILES string of the molecule is CC(C)N(CC(N)=O)Cc1cc(N)cc(F)c1. The first-order valence-electron chi connectivity index (χ1n) is 5.45. The van der Waals surface area contributed by atoms with Gasteiger partial charge in [0.25, 0.3) is 0 Å². The summed E-state index contributed by atoms with van der Waals surface area (Å²) in [6.07, 6.45) is 0. The molecule has 0 atom stereocenters. The van der Waals surface area contributed by atoms with E-state index in [0.29, 0.717) is 12.2 Å². The number of primary amides is 1. The first kappa shape index (κ1) is 13.4. The normalized spacial score (nSPS) is 11.1. The van der Waals surface area contributed by atoms with Gasteiger partial charge in [-0.05, 0) is 37.6 Å². The molecular weight excluding hydrogens is 221 g/mol. The van der Waals surface area contributed by atoms with E-state index in [1.807, 2.05) is 18.7 Å². The molecule has 1 rings (SSSR count). The van der Waals surface area contributed by atoms with Crippen molar-refractivity contribution in [3.63, 3.8) is 0 Å². The second kappa shape index (κ2) is 5.63. The summed E-state index contributed by atoms with van der Waals surface area (Å²) in [7, 11) is 0. The van der Waals surface area contributed by atoms with Gasteiger partial charge in [-0.25, -0.2) is 4.39 Å². The zero-order chi connectivity index (χ0) is 13.0. The Morgan fingerprint density at radius 3 is 2.53 bits per heavy atom. The van der Waals surface area contributed by atoms with Gasteiger partial charge in [0, 0.05) is 18.3 Å². The number of rotatable bonds is 5. The lowest BCUT2D eigenvalue weighted by atomic mass is 10.1. The van der Waals surface area contributed by atoms with Gasteiger partial charge in [0.2, 0.25) is 5.91 Å². The van der Waals surface area contributed by atoms with Crippen LogP contribution in [0.2, 0.25) is 0 Å². The Morgan fingerprint density at radius 1 is 1.41 bits per heavy atom. The van der Waals surface area contributed by atoms with Crippen LogP contribution in [0.25, 0.3) is 0 Å². The van der Waals surface area contributed by atoms with Crippen LogP contribution in [0.1, 0.15) is 19.4 Å². The standard InChI is InChI=1S/C12H18FN3O/c1-8(2)16(7-12(15)17)6-9-3-10(13)5-11(14)4-9/h3-5,8H,6-7,14H2,1-2H3,(H2,15,17). The van der Waals surface area contributed by atoms with Crippen molar-refractivity contribution < 1.29 is 9.18 Å². The molecule has 0 saturated carbocycles. The smallest absolute Gasteiger partial charge is 0.231 e. The van der Waals surface area contributed by atoms with Crippen LogP contribution < -0.4 is 11.5 Å². The molecule has 0 heterocycles. The lowest BCUT2D eigenvalue weighted by molar-refractivity contribution is -0.119. The maximum atomic E-state index is 13.2. The largest absolute Gasteiger partial charge is 0.399 e. The van der Waals surface area contributed by atoms with Crippen LogP contribution in [0.5, 0.6) is 0 Å². The van der Waals surface area contributed by atoms with Gasteiger partial charge in [-0.15, -0.1) is 0 Å². The number of benzene rings is 1. The number of hydrogen-bond acceptors (Lipinski definition) is 3. The monoisotopic (exact) mass is 239 g/mol. The topological polar surface area (TPSA) is 72.3 Å². The number of nitrogens with zero attached hydrogens (tertiary/aromatic N) is 1. The summed E-state index contributed by atoms with van der Waals surface area (Å²) >= 11 is 0. The number of nitrogen functional groups attached to an aromatic ring is 1. The number of anilines is 1. The van der Waals surface area contributed by atoms with E-state index in [9.17, 15) is 9.18 Å². The highest BCUT2D eigenvalue weighted by atomic mass is 19.1. The van der Waals surface area contributed by atoms with Crippen LogP contribution in [0, 0.1) is 5.82 Å². The third-order valence-corrected chi connectivity index (χ3v) is 2.45. The molecule has 1 aromatic carbocycles. The first-order valence-corrected chi connectivity index (χ1v) is 5.45.